The van der Waals surface area contributed by atoms with Crippen molar-refractivity contribution in [3.8, 4) is 5.75 Å². The lowest BCUT2D eigenvalue weighted by molar-refractivity contribution is 0.102. The Morgan fingerprint density at radius 2 is 1.58 bits per heavy atom. The van der Waals surface area contributed by atoms with Gasteiger partial charge in [-0.1, -0.05) is 0 Å². The number of carbonyl (C=O) groups is 1. The van der Waals surface area contributed by atoms with Gasteiger partial charge in [-0.2, -0.15) is 0 Å². The number of ether oxygens (including phenoxy) is 2. The summed E-state index contributed by atoms with van der Waals surface area (Å²) in [5.74, 6) is 0.324. The summed E-state index contributed by atoms with van der Waals surface area (Å²) >= 11 is 0. The largest absolute Gasteiger partial charge is 0.491 e. The molecule has 0 spiro atoms. The standard InChI is InChI=1S/C23H26N4O5S/c1-4-31-13-14-32-20-9-5-18(6-10-20)22(28)26-19-7-11-21(12-8-19)33(29,30)27-23-24-16(2)15-17(3)25-23/h5-12,15H,4,13-14H2,1-3H3,(H,26,28)(H,24,25,27). The number of rotatable bonds is 10. The van der Waals surface area contributed by atoms with E-state index >= 15 is 0 Å². The minimum Gasteiger partial charge on any atom is -0.491 e. The second-order valence-electron chi connectivity index (χ2n) is 7.13. The Balaban J connectivity index is 1.61. The molecule has 2 N–H and O–H groups in total. The van der Waals surface area contributed by atoms with Crippen LogP contribution in [0.3, 0.4) is 0 Å². The van der Waals surface area contributed by atoms with E-state index in [9.17, 15) is 13.2 Å². The van der Waals surface area contributed by atoms with Crippen molar-refractivity contribution in [3.63, 3.8) is 0 Å². The van der Waals surface area contributed by atoms with Gasteiger partial charge in [0.2, 0.25) is 5.95 Å². The fraction of sp³-hybridized carbons (Fsp3) is 0.261. The molecular formula is C23H26N4O5S. The van der Waals surface area contributed by atoms with Crippen LogP contribution < -0.4 is 14.8 Å². The topological polar surface area (TPSA) is 120 Å². The average Bonchev–Trinajstić information content (AvgIpc) is 2.76. The Bertz CT molecular complexity index is 1180. The Labute approximate surface area is 193 Å². The minimum absolute atomic E-state index is 0.00944. The number of sulfonamides is 1. The van der Waals surface area contributed by atoms with E-state index in [-0.39, 0.29) is 16.8 Å². The van der Waals surface area contributed by atoms with Gasteiger partial charge in [-0.05, 0) is 75.4 Å². The third-order valence-corrected chi connectivity index (χ3v) is 5.79. The second kappa shape index (κ2) is 10.9. The molecule has 0 aliphatic heterocycles. The Hall–Kier alpha value is -3.50. The Morgan fingerprint density at radius 1 is 0.939 bits per heavy atom. The van der Waals surface area contributed by atoms with Gasteiger partial charge in [0, 0.05) is 29.2 Å². The quantitative estimate of drug-likeness (QED) is 0.435. The van der Waals surface area contributed by atoms with Crippen molar-refractivity contribution in [1.82, 2.24) is 9.97 Å². The molecule has 0 atom stereocenters. The van der Waals surface area contributed by atoms with Crippen LogP contribution in [0.25, 0.3) is 0 Å². The highest BCUT2D eigenvalue weighted by Crippen LogP contribution is 2.18. The van der Waals surface area contributed by atoms with Crippen molar-refractivity contribution in [2.75, 3.05) is 29.9 Å². The maximum atomic E-state index is 12.6. The summed E-state index contributed by atoms with van der Waals surface area (Å²) < 4.78 is 38.4. The van der Waals surface area contributed by atoms with Crippen molar-refractivity contribution in [1.29, 1.82) is 0 Å². The lowest BCUT2D eigenvalue weighted by Crippen LogP contribution is -2.16. The van der Waals surface area contributed by atoms with Crippen LogP contribution in [-0.2, 0) is 14.8 Å². The predicted molar refractivity (Wildman–Crippen MR) is 125 cm³/mol. The molecule has 9 nitrogen and oxygen atoms in total. The molecule has 3 rings (SSSR count). The summed E-state index contributed by atoms with van der Waals surface area (Å²) in [5.41, 5.74) is 2.21. The van der Waals surface area contributed by atoms with E-state index in [1.165, 1.54) is 24.3 Å². The smallest absolute Gasteiger partial charge is 0.264 e. The number of anilines is 2. The molecule has 0 aliphatic carbocycles. The normalized spacial score (nSPS) is 11.1. The van der Waals surface area contributed by atoms with Crippen molar-refractivity contribution in [2.45, 2.75) is 25.7 Å². The third-order valence-electron chi connectivity index (χ3n) is 4.45. The first-order valence-electron chi connectivity index (χ1n) is 10.3. The maximum Gasteiger partial charge on any atom is 0.264 e. The van der Waals surface area contributed by atoms with E-state index in [0.717, 1.165) is 0 Å². The zero-order valence-electron chi connectivity index (χ0n) is 18.7. The highest BCUT2D eigenvalue weighted by Gasteiger charge is 2.16. The van der Waals surface area contributed by atoms with Crippen molar-refractivity contribution in [3.05, 3.63) is 71.5 Å². The van der Waals surface area contributed by atoms with Gasteiger partial charge in [0.25, 0.3) is 15.9 Å². The number of nitrogens with zero attached hydrogens (tertiary/aromatic N) is 2. The van der Waals surface area contributed by atoms with Gasteiger partial charge in [0.1, 0.15) is 12.4 Å². The van der Waals surface area contributed by atoms with Crippen LogP contribution in [0.5, 0.6) is 5.75 Å². The van der Waals surface area contributed by atoms with Gasteiger partial charge in [-0.15, -0.1) is 0 Å². The monoisotopic (exact) mass is 470 g/mol. The van der Waals surface area contributed by atoms with Crippen molar-refractivity contribution < 1.29 is 22.7 Å². The summed E-state index contributed by atoms with van der Waals surface area (Å²) in [6.45, 7) is 6.99. The van der Waals surface area contributed by atoms with Gasteiger partial charge in [-0.3, -0.25) is 4.79 Å². The molecule has 33 heavy (non-hydrogen) atoms. The SMILES string of the molecule is CCOCCOc1ccc(C(=O)Nc2ccc(S(=O)(=O)Nc3nc(C)cc(C)n3)cc2)cc1. The molecule has 1 aromatic heterocycles. The first-order chi connectivity index (χ1) is 15.8. The number of hydrogen-bond donors (Lipinski definition) is 2. The highest BCUT2D eigenvalue weighted by atomic mass is 32.2. The molecule has 0 aliphatic rings. The minimum atomic E-state index is -3.87. The van der Waals surface area contributed by atoms with Crippen LogP contribution in [0, 0.1) is 13.8 Å². The molecule has 0 radical (unpaired) electrons. The Kier molecular flexibility index (Phi) is 7.96. The predicted octanol–water partition coefficient (Wildman–Crippen LogP) is 3.56. The molecule has 174 valence electrons. The van der Waals surface area contributed by atoms with Crippen molar-refractivity contribution in [2.24, 2.45) is 0 Å². The molecule has 3 aromatic rings. The molecule has 10 heteroatoms. The average molecular weight is 471 g/mol. The molecule has 0 saturated carbocycles. The summed E-state index contributed by atoms with van der Waals surface area (Å²) in [6, 6.07) is 14.3. The van der Waals surface area contributed by atoms with E-state index < -0.39 is 10.0 Å². The molecule has 0 saturated heterocycles. The first kappa shape index (κ1) is 24.1. The van der Waals surface area contributed by atoms with Crippen LogP contribution in [0.2, 0.25) is 0 Å². The molecule has 1 amide bonds. The number of benzene rings is 2. The van der Waals surface area contributed by atoms with Gasteiger partial charge < -0.3 is 14.8 Å². The number of amides is 1. The van der Waals surface area contributed by atoms with Gasteiger partial charge in [0.15, 0.2) is 0 Å². The molecular weight excluding hydrogens is 444 g/mol. The number of aryl methyl sites for hydroxylation is 2. The van der Waals surface area contributed by atoms with Crippen LogP contribution in [0.15, 0.2) is 59.5 Å². The fourth-order valence-corrected chi connectivity index (χ4v) is 3.88. The lowest BCUT2D eigenvalue weighted by Gasteiger charge is -2.10. The number of carbonyl (C=O) groups excluding carboxylic acids is 1. The van der Waals surface area contributed by atoms with Gasteiger partial charge >= 0.3 is 0 Å². The second-order valence-corrected chi connectivity index (χ2v) is 8.81. The van der Waals surface area contributed by atoms with Gasteiger partial charge in [0.05, 0.1) is 11.5 Å². The fourth-order valence-electron chi connectivity index (χ4n) is 2.94. The van der Waals surface area contributed by atoms with E-state index in [0.29, 0.717) is 48.2 Å². The molecule has 0 fully saturated rings. The van der Waals surface area contributed by atoms with Crippen LogP contribution in [-0.4, -0.2) is 44.1 Å². The zero-order chi connectivity index (χ0) is 23.8. The number of hydrogen-bond acceptors (Lipinski definition) is 7. The summed E-state index contributed by atoms with van der Waals surface area (Å²) in [7, 11) is -3.87. The highest BCUT2D eigenvalue weighted by molar-refractivity contribution is 7.92. The maximum absolute atomic E-state index is 12.6. The molecule has 2 aromatic carbocycles. The molecule has 1 heterocycles. The number of aromatic nitrogens is 2. The third kappa shape index (κ3) is 6.99. The van der Waals surface area contributed by atoms with Crippen molar-refractivity contribution >= 4 is 27.6 Å². The Morgan fingerprint density at radius 3 is 2.18 bits per heavy atom. The first-order valence-corrected chi connectivity index (χ1v) is 11.8. The van der Waals surface area contributed by atoms with Crippen LogP contribution in [0.1, 0.15) is 28.7 Å². The summed E-state index contributed by atoms with van der Waals surface area (Å²) in [4.78, 5) is 20.7. The molecule has 0 bridgehead atoms. The molecule has 0 unspecified atom stereocenters. The number of nitrogens with one attached hydrogen (secondary N) is 2. The zero-order valence-corrected chi connectivity index (χ0v) is 19.5. The van der Waals surface area contributed by atoms with E-state index in [1.807, 2.05) is 6.92 Å². The van der Waals surface area contributed by atoms with Gasteiger partial charge in [-0.25, -0.2) is 23.1 Å². The van der Waals surface area contributed by atoms with Crippen LogP contribution in [0.4, 0.5) is 11.6 Å². The summed E-state index contributed by atoms with van der Waals surface area (Å²) in [5, 5.41) is 2.74. The van der Waals surface area contributed by atoms with E-state index in [4.69, 9.17) is 9.47 Å². The van der Waals surface area contributed by atoms with E-state index in [2.05, 4.69) is 20.0 Å². The summed E-state index contributed by atoms with van der Waals surface area (Å²) in [6.07, 6.45) is 0. The van der Waals surface area contributed by atoms with E-state index in [1.54, 1.807) is 44.2 Å². The van der Waals surface area contributed by atoms with Crippen LogP contribution >= 0.6 is 0 Å². The lowest BCUT2D eigenvalue weighted by atomic mass is 10.2.